The first-order valence-electron chi connectivity index (χ1n) is 6.54. The Balaban J connectivity index is 1.83. The van der Waals surface area contributed by atoms with Gasteiger partial charge in [-0.2, -0.15) is 5.26 Å². The van der Waals surface area contributed by atoms with Crippen LogP contribution >= 0.6 is 0 Å². The van der Waals surface area contributed by atoms with Crippen molar-refractivity contribution in [3.63, 3.8) is 0 Å². The Morgan fingerprint density at radius 2 is 2.05 bits per heavy atom. The number of likely N-dealkylation sites (tertiary alicyclic amines) is 1. The molecule has 0 N–H and O–H groups in total. The minimum absolute atomic E-state index is 0.122. The molecule has 1 unspecified atom stereocenters. The summed E-state index contributed by atoms with van der Waals surface area (Å²) < 4.78 is 5.50. The molecule has 2 rings (SSSR count). The van der Waals surface area contributed by atoms with Crippen LogP contribution < -0.4 is 4.74 Å². The van der Waals surface area contributed by atoms with Crippen molar-refractivity contribution in [2.75, 3.05) is 13.2 Å². The van der Waals surface area contributed by atoms with Crippen LogP contribution in [-0.4, -0.2) is 29.9 Å². The summed E-state index contributed by atoms with van der Waals surface area (Å²) in [5, 5.41) is 8.57. The Labute approximate surface area is 117 Å². The molecule has 5 nitrogen and oxygen atoms in total. The van der Waals surface area contributed by atoms with Gasteiger partial charge in [0.2, 0.25) is 11.8 Å². The van der Waals surface area contributed by atoms with Gasteiger partial charge < -0.3 is 4.74 Å². The quantitative estimate of drug-likeness (QED) is 0.762. The molecule has 0 radical (unpaired) electrons. The first-order valence-corrected chi connectivity index (χ1v) is 6.54. The summed E-state index contributed by atoms with van der Waals surface area (Å²) in [7, 11) is 0. The van der Waals surface area contributed by atoms with E-state index in [-0.39, 0.29) is 30.9 Å². The topological polar surface area (TPSA) is 70.4 Å². The number of carbonyl (C=O) groups is 2. The number of imide groups is 1. The van der Waals surface area contributed by atoms with Crippen molar-refractivity contribution in [2.45, 2.75) is 19.8 Å². The van der Waals surface area contributed by atoms with Gasteiger partial charge in [0.25, 0.3) is 0 Å². The molecule has 0 aromatic heterocycles. The first-order chi connectivity index (χ1) is 9.61. The van der Waals surface area contributed by atoms with Gasteiger partial charge in [0.1, 0.15) is 12.4 Å². The Morgan fingerprint density at radius 1 is 1.35 bits per heavy atom. The number of nitrogens with zero attached hydrogens (tertiary/aromatic N) is 2. The molecule has 104 valence electrons. The van der Waals surface area contributed by atoms with E-state index >= 15 is 0 Å². The molecule has 1 atom stereocenters. The van der Waals surface area contributed by atoms with Crippen LogP contribution in [-0.2, 0) is 16.0 Å². The lowest BCUT2D eigenvalue weighted by Gasteiger charge is -2.14. The molecule has 1 aromatic carbocycles. The van der Waals surface area contributed by atoms with Crippen molar-refractivity contribution in [2.24, 2.45) is 5.92 Å². The number of rotatable bonds is 5. The molecule has 0 bridgehead atoms. The van der Waals surface area contributed by atoms with Crippen molar-refractivity contribution < 1.29 is 14.3 Å². The van der Waals surface area contributed by atoms with Gasteiger partial charge >= 0.3 is 0 Å². The van der Waals surface area contributed by atoms with Crippen molar-refractivity contribution in [3.05, 3.63) is 29.8 Å². The molecule has 0 spiro atoms. The highest BCUT2D eigenvalue weighted by atomic mass is 16.5. The number of ether oxygens (including phenoxy) is 1. The molecule has 1 fully saturated rings. The minimum atomic E-state index is -0.215. The van der Waals surface area contributed by atoms with Gasteiger partial charge in [0, 0.05) is 12.3 Å². The van der Waals surface area contributed by atoms with Crippen LogP contribution in [0.3, 0.4) is 0 Å². The molecule has 1 aliphatic rings. The Kier molecular flexibility index (Phi) is 4.36. The summed E-state index contributed by atoms with van der Waals surface area (Å²) in [4.78, 5) is 24.5. The summed E-state index contributed by atoms with van der Waals surface area (Å²) in [5.41, 5.74) is 0.929. The fourth-order valence-corrected chi connectivity index (χ4v) is 2.13. The van der Waals surface area contributed by atoms with E-state index in [2.05, 4.69) is 6.07 Å². The monoisotopic (exact) mass is 272 g/mol. The molecule has 1 aliphatic heterocycles. The van der Waals surface area contributed by atoms with Gasteiger partial charge in [0.05, 0.1) is 19.0 Å². The SMILES string of the molecule is CC1CC(=O)N(CCOc2ccc(CC#N)cc2)C1=O. The molecule has 2 amide bonds. The van der Waals surface area contributed by atoms with Crippen molar-refractivity contribution in [1.82, 2.24) is 4.90 Å². The molecule has 1 saturated heterocycles. The Hall–Kier alpha value is -2.35. The van der Waals surface area contributed by atoms with Crippen LogP contribution in [0.4, 0.5) is 0 Å². The van der Waals surface area contributed by atoms with E-state index in [4.69, 9.17) is 10.00 Å². The van der Waals surface area contributed by atoms with Crippen LogP contribution in [0.5, 0.6) is 5.75 Å². The minimum Gasteiger partial charge on any atom is -0.492 e. The van der Waals surface area contributed by atoms with E-state index in [1.807, 2.05) is 12.1 Å². The number of carbonyl (C=O) groups excluding carboxylic acids is 2. The second kappa shape index (κ2) is 6.20. The number of hydrogen-bond donors (Lipinski definition) is 0. The number of nitriles is 1. The van der Waals surface area contributed by atoms with Crippen LogP contribution in [0, 0.1) is 17.2 Å². The zero-order valence-corrected chi connectivity index (χ0v) is 11.3. The second-order valence-electron chi connectivity index (χ2n) is 4.82. The summed E-state index contributed by atoms with van der Waals surface area (Å²) >= 11 is 0. The summed E-state index contributed by atoms with van der Waals surface area (Å²) in [6.07, 6.45) is 0.663. The number of hydrogen-bond acceptors (Lipinski definition) is 4. The van der Waals surface area contributed by atoms with Gasteiger partial charge in [-0.25, -0.2) is 0 Å². The number of amides is 2. The Bertz CT molecular complexity index is 545. The average molecular weight is 272 g/mol. The van der Waals surface area contributed by atoms with Gasteiger partial charge in [-0.3, -0.25) is 14.5 Å². The number of benzene rings is 1. The van der Waals surface area contributed by atoms with Crippen LogP contribution in [0.15, 0.2) is 24.3 Å². The highest BCUT2D eigenvalue weighted by molar-refractivity contribution is 6.03. The van der Waals surface area contributed by atoms with Crippen LogP contribution in [0.25, 0.3) is 0 Å². The lowest BCUT2D eigenvalue weighted by molar-refractivity contribution is -0.139. The third kappa shape index (κ3) is 3.15. The maximum atomic E-state index is 11.7. The second-order valence-corrected chi connectivity index (χ2v) is 4.82. The maximum Gasteiger partial charge on any atom is 0.232 e. The maximum absolute atomic E-state index is 11.7. The smallest absolute Gasteiger partial charge is 0.232 e. The average Bonchev–Trinajstić information content (AvgIpc) is 2.67. The highest BCUT2D eigenvalue weighted by Crippen LogP contribution is 2.18. The predicted octanol–water partition coefficient (Wildman–Crippen LogP) is 1.53. The van der Waals surface area contributed by atoms with E-state index < -0.39 is 0 Å². The van der Waals surface area contributed by atoms with E-state index in [9.17, 15) is 9.59 Å². The van der Waals surface area contributed by atoms with Gasteiger partial charge in [-0.05, 0) is 17.7 Å². The molecule has 1 heterocycles. The van der Waals surface area contributed by atoms with Crippen molar-refractivity contribution in [3.8, 4) is 11.8 Å². The molecular formula is C15H16N2O3. The zero-order chi connectivity index (χ0) is 14.5. The van der Waals surface area contributed by atoms with E-state index in [1.165, 1.54) is 4.90 Å². The third-order valence-electron chi connectivity index (χ3n) is 3.26. The van der Waals surface area contributed by atoms with Gasteiger partial charge in [-0.15, -0.1) is 0 Å². The summed E-state index contributed by atoms with van der Waals surface area (Å²) in [6, 6.07) is 9.29. The molecule has 0 aliphatic carbocycles. The van der Waals surface area contributed by atoms with Gasteiger partial charge in [-0.1, -0.05) is 19.1 Å². The van der Waals surface area contributed by atoms with E-state index in [0.29, 0.717) is 18.6 Å². The summed E-state index contributed by atoms with van der Waals surface area (Å²) in [5.74, 6) is 0.199. The molecular weight excluding hydrogens is 256 g/mol. The van der Waals surface area contributed by atoms with E-state index in [1.54, 1.807) is 19.1 Å². The van der Waals surface area contributed by atoms with Crippen molar-refractivity contribution >= 4 is 11.8 Å². The van der Waals surface area contributed by atoms with E-state index in [0.717, 1.165) is 5.56 Å². The first kappa shape index (κ1) is 14.1. The fraction of sp³-hybridized carbons (Fsp3) is 0.400. The van der Waals surface area contributed by atoms with Crippen molar-refractivity contribution in [1.29, 1.82) is 5.26 Å². The molecule has 20 heavy (non-hydrogen) atoms. The zero-order valence-electron chi connectivity index (χ0n) is 11.3. The largest absolute Gasteiger partial charge is 0.492 e. The summed E-state index contributed by atoms with van der Waals surface area (Å²) in [6.45, 7) is 2.32. The van der Waals surface area contributed by atoms with Gasteiger partial charge in [0.15, 0.2) is 0 Å². The standard InChI is InChI=1S/C15H16N2O3/c1-11-10-14(18)17(15(11)19)8-9-20-13-4-2-12(3-5-13)6-7-16/h2-5,11H,6,8-10H2,1H3. The third-order valence-corrected chi connectivity index (χ3v) is 3.26. The lowest BCUT2D eigenvalue weighted by Crippen LogP contribution is -2.34. The molecule has 1 aromatic rings. The molecule has 5 heteroatoms. The highest BCUT2D eigenvalue weighted by Gasteiger charge is 2.35. The lowest BCUT2D eigenvalue weighted by atomic mass is 10.1. The van der Waals surface area contributed by atoms with Crippen LogP contribution in [0.2, 0.25) is 0 Å². The molecule has 0 saturated carbocycles. The fourth-order valence-electron chi connectivity index (χ4n) is 2.13. The van der Waals surface area contributed by atoms with Crippen LogP contribution in [0.1, 0.15) is 18.9 Å². The predicted molar refractivity (Wildman–Crippen MR) is 71.8 cm³/mol. The Morgan fingerprint density at radius 3 is 2.60 bits per heavy atom. The normalized spacial score (nSPS) is 18.2.